The normalized spacial score (nSPS) is 16.3. The molecular formula is C9H15ClN4. The SMILES string of the molecule is CC(C)n1nc(N)c(Cl)c1NC1CC1. The summed E-state index contributed by atoms with van der Waals surface area (Å²) in [5, 5.41) is 8.08. The fourth-order valence-electron chi connectivity index (χ4n) is 1.36. The molecule has 1 heterocycles. The molecule has 1 aliphatic rings. The highest BCUT2D eigenvalue weighted by molar-refractivity contribution is 6.35. The number of nitrogens with one attached hydrogen (secondary N) is 1. The van der Waals surface area contributed by atoms with E-state index >= 15 is 0 Å². The Balaban J connectivity index is 2.32. The van der Waals surface area contributed by atoms with E-state index in [9.17, 15) is 0 Å². The second-order valence-electron chi connectivity index (χ2n) is 4.00. The van der Waals surface area contributed by atoms with Crippen LogP contribution in [0.3, 0.4) is 0 Å². The number of rotatable bonds is 3. The van der Waals surface area contributed by atoms with E-state index in [4.69, 9.17) is 17.3 Å². The fraction of sp³-hybridized carbons (Fsp3) is 0.667. The van der Waals surface area contributed by atoms with E-state index in [1.807, 2.05) is 4.68 Å². The summed E-state index contributed by atoms with van der Waals surface area (Å²) in [6.07, 6.45) is 2.42. The van der Waals surface area contributed by atoms with Gasteiger partial charge in [0.05, 0.1) is 0 Å². The molecule has 2 rings (SSSR count). The highest BCUT2D eigenvalue weighted by Crippen LogP contribution is 2.34. The van der Waals surface area contributed by atoms with Crippen molar-refractivity contribution in [1.29, 1.82) is 0 Å². The van der Waals surface area contributed by atoms with E-state index < -0.39 is 0 Å². The molecule has 0 atom stereocenters. The van der Waals surface area contributed by atoms with Crippen LogP contribution in [-0.2, 0) is 0 Å². The molecule has 14 heavy (non-hydrogen) atoms. The van der Waals surface area contributed by atoms with Crippen LogP contribution in [0.2, 0.25) is 5.02 Å². The summed E-state index contributed by atoms with van der Waals surface area (Å²) in [6, 6.07) is 0.826. The van der Waals surface area contributed by atoms with Gasteiger partial charge >= 0.3 is 0 Å². The Kier molecular flexibility index (Phi) is 2.31. The number of aromatic nitrogens is 2. The summed E-state index contributed by atoms with van der Waals surface area (Å²) in [5.41, 5.74) is 5.67. The van der Waals surface area contributed by atoms with Crippen LogP contribution in [0.15, 0.2) is 0 Å². The molecule has 0 radical (unpaired) electrons. The van der Waals surface area contributed by atoms with Crippen LogP contribution in [0, 0.1) is 0 Å². The Morgan fingerprint density at radius 2 is 2.21 bits per heavy atom. The molecule has 0 spiro atoms. The molecule has 0 bridgehead atoms. The van der Waals surface area contributed by atoms with Crippen molar-refractivity contribution in [1.82, 2.24) is 9.78 Å². The van der Waals surface area contributed by atoms with Crippen LogP contribution in [0.1, 0.15) is 32.7 Å². The van der Waals surface area contributed by atoms with E-state index in [0.29, 0.717) is 16.9 Å². The molecule has 5 heteroatoms. The first-order chi connectivity index (χ1) is 6.59. The lowest BCUT2D eigenvalue weighted by molar-refractivity contribution is 0.539. The smallest absolute Gasteiger partial charge is 0.166 e. The molecular weight excluding hydrogens is 200 g/mol. The van der Waals surface area contributed by atoms with Crippen molar-refractivity contribution >= 4 is 23.2 Å². The van der Waals surface area contributed by atoms with Crippen molar-refractivity contribution in [3.8, 4) is 0 Å². The fourth-order valence-corrected chi connectivity index (χ4v) is 1.53. The van der Waals surface area contributed by atoms with Crippen LogP contribution in [0.5, 0.6) is 0 Å². The Labute approximate surface area is 88.4 Å². The number of nitrogens with two attached hydrogens (primary N) is 1. The molecule has 0 unspecified atom stereocenters. The van der Waals surface area contributed by atoms with Gasteiger partial charge in [-0.3, -0.25) is 0 Å². The van der Waals surface area contributed by atoms with Gasteiger partial charge in [0.2, 0.25) is 0 Å². The van der Waals surface area contributed by atoms with E-state index in [0.717, 1.165) is 5.82 Å². The molecule has 0 amide bonds. The lowest BCUT2D eigenvalue weighted by atomic mass is 10.4. The minimum absolute atomic E-state index is 0.269. The predicted octanol–water partition coefficient (Wildman–Crippen LogP) is 2.27. The maximum absolute atomic E-state index is 6.06. The van der Waals surface area contributed by atoms with Crippen molar-refractivity contribution in [2.75, 3.05) is 11.1 Å². The van der Waals surface area contributed by atoms with Crippen LogP contribution in [0.25, 0.3) is 0 Å². The first-order valence-electron chi connectivity index (χ1n) is 4.89. The van der Waals surface area contributed by atoms with Crippen molar-refractivity contribution in [3.63, 3.8) is 0 Å². The number of hydrogen-bond acceptors (Lipinski definition) is 3. The molecule has 3 N–H and O–H groups in total. The van der Waals surface area contributed by atoms with Gasteiger partial charge in [0.25, 0.3) is 0 Å². The van der Waals surface area contributed by atoms with Gasteiger partial charge in [0.1, 0.15) is 10.8 Å². The molecule has 0 aromatic carbocycles. The summed E-state index contributed by atoms with van der Waals surface area (Å²) in [4.78, 5) is 0. The summed E-state index contributed by atoms with van der Waals surface area (Å²) < 4.78 is 1.84. The zero-order valence-corrected chi connectivity index (χ0v) is 9.17. The Bertz CT molecular complexity index is 341. The predicted molar refractivity (Wildman–Crippen MR) is 58.7 cm³/mol. The number of hydrogen-bond donors (Lipinski definition) is 2. The number of nitrogen functional groups attached to an aromatic ring is 1. The average Bonchev–Trinajstić information content (AvgIpc) is 2.87. The number of anilines is 2. The minimum atomic E-state index is 0.269. The zero-order valence-electron chi connectivity index (χ0n) is 8.42. The third-order valence-electron chi connectivity index (χ3n) is 2.28. The van der Waals surface area contributed by atoms with Crippen LogP contribution >= 0.6 is 11.6 Å². The maximum Gasteiger partial charge on any atom is 0.166 e. The van der Waals surface area contributed by atoms with Crippen molar-refractivity contribution in [2.45, 2.75) is 38.8 Å². The lowest BCUT2D eigenvalue weighted by Gasteiger charge is -2.11. The highest BCUT2D eigenvalue weighted by atomic mass is 35.5. The average molecular weight is 215 g/mol. The molecule has 1 saturated carbocycles. The van der Waals surface area contributed by atoms with E-state index in [2.05, 4.69) is 24.3 Å². The second-order valence-corrected chi connectivity index (χ2v) is 4.38. The third kappa shape index (κ3) is 1.66. The standard InChI is InChI=1S/C9H15ClN4/c1-5(2)14-9(12-6-3-4-6)7(10)8(11)13-14/h5-6,12H,3-4H2,1-2H3,(H2,11,13). The number of nitrogens with zero attached hydrogens (tertiary/aromatic N) is 2. The van der Waals surface area contributed by atoms with Gasteiger partial charge in [-0.25, -0.2) is 4.68 Å². The van der Waals surface area contributed by atoms with Gasteiger partial charge in [-0.1, -0.05) is 11.6 Å². The summed E-state index contributed by atoms with van der Waals surface area (Å²) >= 11 is 6.06. The topological polar surface area (TPSA) is 55.9 Å². The molecule has 0 aliphatic heterocycles. The van der Waals surface area contributed by atoms with E-state index in [1.165, 1.54) is 12.8 Å². The monoisotopic (exact) mass is 214 g/mol. The largest absolute Gasteiger partial charge is 0.381 e. The van der Waals surface area contributed by atoms with Crippen LogP contribution < -0.4 is 11.1 Å². The molecule has 78 valence electrons. The van der Waals surface area contributed by atoms with Crippen molar-refractivity contribution in [3.05, 3.63) is 5.02 Å². The van der Waals surface area contributed by atoms with Gasteiger partial charge in [0, 0.05) is 12.1 Å². The van der Waals surface area contributed by atoms with Crippen LogP contribution in [-0.4, -0.2) is 15.8 Å². The quantitative estimate of drug-likeness (QED) is 0.812. The Morgan fingerprint density at radius 3 is 2.71 bits per heavy atom. The van der Waals surface area contributed by atoms with Gasteiger partial charge < -0.3 is 11.1 Å². The van der Waals surface area contributed by atoms with Crippen molar-refractivity contribution in [2.24, 2.45) is 0 Å². The molecule has 1 aromatic heterocycles. The summed E-state index contributed by atoms with van der Waals surface area (Å²) in [6.45, 7) is 4.11. The maximum atomic E-state index is 6.06. The molecule has 0 saturated heterocycles. The van der Waals surface area contributed by atoms with Gasteiger partial charge in [-0.2, -0.15) is 5.10 Å². The first kappa shape index (κ1) is 9.65. The highest BCUT2D eigenvalue weighted by Gasteiger charge is 2.25. The first-order valence-corrected chi connectivity index (χ1v) is 5.27. The Morgan fingerprint density at radius 1 is 1.57 bits per heavy atom. The Hall–Kier alpha value is -0.900. The van der Waals surface area contributed by atoms with Crippen molar-refractivity contribution < 1.29 is 0 Å². The molecule has 1 aliphatic carbocycles. The lowest BCUT2D eigenvalue weighted by Crippen LogP contribution is -2.11. The summed E-state index contributed by atoms with van der Waals surface area (Å²) in [5.74, 6) is 1.27. The van der Waals surface area contributed by atoms with Gasteiger partial charge in [-0.05, 0) is 26.7 Å². The number of halogens is 1. The second kappa shape index (κ2) is 3.35. The summed E-state index contributed by atoms with van der Waals surface area (Å²) in [7, 11) is 0. The van der Waals surface area contributed by atoms with Gasteiger partial charge in [-0.15, -0.1) is 0 Å². The zero-order chi connectivity index (χ0) is 10.3. The molecule has 4 nitrogen and oxygen atoms in total. The van der Waals surface area contributed by atoms with Gasteiger partial charge in [0.15, 0.2) is 5.82 Å². The van der Waals surface area contributed by atoms with Crippen LogP contribution in [0.4, 0.5) is 11.6 Å². The molecule has 1 fully saturated rings. The van der Waals surface area contributed by atoms with E-state index in [-0.39, 0.29) is 6.04 Å². The van der Waals surface area contributed by atoms with E-state index in [1.54, 1.807) is 0 Å². The minimum Gasteiger partial charge on any atom is -0.381 e. The third-order valence-corrected chi connectivity index (χ3v) is 2.66. The molecule has 1 aromatic rings.